The first-order valence-electron chi connectivity index (χ1n) is 27.6. The van der Waals surface area contributed by atoms with Crippen molar-refractivity contribution in [1.29, 1.82) is 0 Å². The maximum Gasteiger partial charge on any atom is 0.305 e. The summed E-state index contributed by atoms with van der Waals surface area (Å²) in [4.78, 5) is 164. The van der Waals surface area contributed by atoms with Crippen LogP contribution >= 0.6 is 0 Å². The molecular formula is C53H90N10O16. The first kappa shape index (κ1) is 70.3. The summed E-state index contributed by atoms with van der Waals surface area (Å²) in [5.41, 5.74) is 5.37. The average molecular weight is 1120 g/mol. The summed E-state index contributed by atoms with van der Waals surface area (Å²) in [5.74, 6) is -12.8. The monoisotopic (exact) mass is 1120 g/mol. The minimum absolute atomic E-state index is 0.0281. The van der Waals surface area contributed by atoms with Gasteiger partial charge in [-0.2, -0.15) is 0 Å². The van der Waals surface area contributed by atoms with Crippen LogP contribution < -0.4 is 48.3 Å². The molecule has 1 aliphatic rings. The molecule has 1 saturated heterocycles. The van der Waals surface area contributed by atoms with E-state index in [4.69, 9.17) is 10.6 Å². The summed E-state index contributed by atoms with van der Waals surface area (Å²) >= 11 is 0. The molecule has 0 spiro atoms. The number of hydroxylamine groups is 2. The highest BCUT2D eigenvalue weighted by molar-refractivity contribution is 5.99. The molecule has 26 heteroatoms. The Labute approximate surface area is 463 Å². The van der Waals surface area contributed by atoms with E-state index in [-0.39, 0.29) is 43.9 Å². The molecule has 1 rings (SSSR count). The SMILES string of the molecule is C=CC[C@H](NC(=O)[C@H](CC(=O)O)NC(=O)[C@H](CCCCCCCC)NC(=O)[C@H](CC(=O)O)NC(=O)[C@H](CC(C)C)N1OC[C@H](NC(=O)[C@H](CC(C)C)NC(=O)[C@H](CO)NC(=O)[C@H](CCCCCCCC)NC(C)=O)C1=O)C(N)=O. The van der Waals surface area contributed by atoms with Crippen LogP contribution in [0.5, 0.6) is 0 Å². The molecule has 0 aromatic heterocycles. The zero-order valence-corrected chi connectivity index (χ0v) is 47.2. The number of carboxylic acids is 2. The van der Waals surface area contributed by atoms with Gasteiger partial charge in [0.05, 0.1) is 19.4 Å². The second-order valence-corrected chi connectivity index (χ2v) is 20.8. The number of nitrogens with one attached hydrogen (secondary N) is 8. The summed E-state index contributed by atoms with van der Waals surface area (Å²) in [6.07, 6.45) is 9.35. The van der Waals surface area contributed by atoms with Gasteiger partial charge in [-0.15, -0.1) is 6.58 Å². The Morgan fingerprint density at radius 1 is 0.582 bits per heavy atom. The number of hydrogen-bond acceptors (Lipinski definition) is 14. The van der Waals surface area contributed by atoms with Gasteiger partial charge in [-0.05, 0) is 43.9 Å². The second-order valence-electron chi connectivity index (χ2n) is 20.8. The molecular weight excluding hydrogens is 1030 g/mol. The zero-order valence-electron chi connectivity index (χ0n) is 47.2. The highest BCUT2D eigenvalue weighted by Gasteiger charge is 2.44. The Morgan fingerprint density at radius 2 is 0.987 bits per heavy atom. The molecule has 448 valence electrons. The lowest BCUT2D eigenvalue weighted by Gasteiger charge is -2.29. The van der Waals surface area contributed by atoms with Crippen molar-refractivity contribution in [2.75, 3.05) is 13.2 Å². The van der Waals surface area contributed by atoms with E-state index in [0.29, 0.717) is 24.3 Å². The first-order valence-corrected chi connectivity index (χ1v) is 27.6. The number of carbonyl (C=O) groups is 12. The largest absolute Gasteiger partial charge is 0.481 e. The van der Waals surface area contributed by atoms with Crippen molar-refractivity contribution >= 4 is 71.0 Å². The molecule has 0 aliphatic carbocycles. The molecule has 0 aromatic carbocycles. The van der Waals surface area contributed by atoms with Crippen molar-refractivity contribution in [1.82, 2.24) is 47.6 Å². The van der Waals surface area contributed by atoms with Crippen molar-refractivity contribution in [2.45, 2.75) is 225 Å². The molecule has 0 radical (unpaired) electrons. The van der Waals surface area contributed by atoms with Gasteiger partial charge in [0.15, 0.2) is 0 Å². The number of aliphatic hydroxyl groups is 1. The van der Waals surface area contributed by atoms with Crippen LogP contribution in [0.4, 0.5) is 0 Å². The van der Waals surface area contributed by atoms with E-state index in [0.717, 1.165) is 57.8 Å². The van der Waals surface area contributed by atoms with Crippen LogP contribution in [-0.4, -0.2) is 159 Å². The van der Waals surface area contributed by atoms with E-state index < -0.39 is 151 Å². The number of aliphatic carboxylic acids is 2. The van der Waals surface area contributed by atoms with Crippen molar-refractivity contribution in [2.24, 2.45) is 17.6 Å². The standard InChI is InChI=1S/C53H90N10O16/c1-9-12-14-16-18-20-23-35(55-33(8)65)46(71)61-40(29-64)51(76)58-37(25-31(4)5)48(73)62-41-30-79-63(53(41)78)42(26-32(6)7)52(77)60-39(28-44(68)69)50(75)57-36(24-21-19-17-15-13-10-2)47(72)59-38(27-43(66)67)49(74)56-34(22-11-3)45(54)70/h11,31-32,34-42,64H,3,9-10,12-30H2,1-2,4-8H3,(H2,54,70)(H,55,65)(H,56,74)(H,57,75)(H,58,76)(H,59,72)(H,60,77)(H,61,71)(H,62,73)(H,66,67)(H,68,69)/t34-,35-,36-,37-,38-,39-,40-,41-,42-/m0/s1. The number of primary amides is 1. The maximum atomic E-state index is 14.2. The number of aliphatic hydroxyl groups excluding tert-OH is 1. The topological polar surface area (TPSA) is 400 Å². The van der Waals surface area contributed by atoms with Crippen LogP contribution in [0, 0.1) is 11.8 Å². The number of carbonyl (C=O) groups excluding carboxylic acids is 10. The van der Waals surface area contributed by atoms with E-state index in [1.54, 1.807) is 27.7 Å². The molecule has 0 aromatic rings. The molecule has 79 heavy (non-hydrogen) atoms. The van der Waals surface area contributed by atoms with Crippen molar-refractivity contribution < 1.29 is 77.7 Å². The zero-order chi connectivity index (χ0) is 59.8. The van der Waals surface area contributed by atoms with E-state index in [1.807, 2.05) is 6.92 Å². The van der Waals surface area contributed by atoms with Crippen LogP contribution in [0.25, 0.3) is 0 Å². The van der Waals surface area contributed by atoms with Gasteiger partial charge in [0.2, 0.25) is 53.2 Å². The van der Waals surface area contributed by atoms with Gasteiger partial charge in [0.25, 0.3) is 5.91 Å². The fourth-order valence-corrected chi connectivity index (χ4v) is 8.57. The average Bonchev–Trinajstić information content (AvgIpc) is 3.74. The number of rotatable bonds is 42. The van der Waals surface area contributed by atoms with Gasteiger partial charge in [0, 0.05) is 6.92 Å². The van der Waals surface area contributed by atoms with Crippen LogP contribution in [-0.2, 0) is 62.4 Å². The van der Waals surface area contributed by atoms with Crippen LogP contribution in [0.15, 0.2) is 12.7 Å². The molecule has 26 nitrogen and oxygen atoms in total. The molecule has 0 unspecified atom stereocenters. The van der Waals surface area contributed by atoms with Gasteiger partial charge in [-0.1, -0.05) is 125 Å². The third kappa shape index (κ3) is 27.6. The van der Waals surface area contributed by atoms with E-state index in [9.17, 15) is 72.9 Å². The number of nitrogens with two attached hydrogens (primary N) is 1. The molecule has 9 atom stereocenters. The smallest absolute Gasteiger partial charge is 0.305 e. The fourth-order valence-electron chi connectivity index (χ4n) is 8.57. The van der Waals surface area contributed by atoms with Gasteiger partial charge in [-0.3, -0.25) is 62.4 Å². The van der Waals surface area contributed by atoms with Crippen molar-refractivity contribution in [3.8, 4) is 0 Å². The van der Waals surface area contributed by atoms with Gasteiger partial charge in [0.1, 0.15) is 61.0 Å². The van der Waals surface area contributed by atoms with E-state index in [1.165, 1.54) is 13.0 Å². The third-order valence-corrected chi connectivity index (χ3v) is 12.8. The number of unbranched alkanes of at least 4 members (excludes halogenated alkanes) is 10. The lowest BCUT2D eigenvalue weighted by Crippen LogP contribution is -2.60. The number of nitrogens with zero attached hydrogens (tertiary/aromatic N) is 1. The second kappa shape index (κ2) is 38.0. The fraction of sp³-hybridized carbons (Fsp3) is 0.736. The molecule has 1 heterocycles. The summed E-state index contributed by atoms with van der Waals surface area (Å²) < 4.78 is 0. The minimum Gasteiger partial charge on any atom is -0.481 e. The summed E-state index contributed by atoms with van der Waals surface area (Å²) in [6, 6.07) is -13.2. The van der Waals surface area contributed by atoms with Crippen LogP contribution in [0.3, 0.4) is 0 Å². The highest BCUT2D eigenvalue weighted by atomic mass is 16.7. The predicted molar refractivity (Wildman–Crippen MR) is 288 cm³/mol. The lowest BCUT2D eigenvalue weighted by molar-refractivity contribution is -0.180. The lowest BCUT2D eigenvalue weighted by atomic mass is 10.0. The van der Waals surface area contributed by atoms with E-state index in [2.05, 4.69) is 56.0 Å². The van der Waals surface area contributed by atoms with Crippen LogP contribution in [0.2, 0.25) is 0 Å². The Hall–Kier alpha value is -6.70. The van der Waals surface area contributed by atoms with Gasteiger partial charge >= 0.3 is 11.9 Å². The summed E-state index contributed by atoms with van der Waals surface area (Å²) in [7, 11) is 0. The molecule has 13 N–H and O–H groups in total. The number of amides is 10. The van der Waals surface area contributed by atoms with Crippen molar-refractivity contribution in [3.05, 3.63) is 12.7 Å². The Bertz CT molecular complexity index is 2060. The third-order valence-electron chi connectivity index (χ3n) is 12.8. The Kier molecular flexibility index (Phi) is 33.8. The summed E-state index contributed by atoms with van der Waals surface area (Å²) in [5, 5.41) is 49.9. The quantitative estimate of drug-likeness (QED) is 0.0295. The van der Waals surface area contributed by atoms with Gasteiger partial charge in [-0.25, -0.2) is 5.06 Å². The minimum atomic E-state index is -1.88. The first-order chi connectivity index (χ1) is 37.3. The van der Waals surface area contributed by atoms with Gasteiger partial charge < -0.3 is 63.6 Å². The van der Waals surface area contributed by atoms with Crippen molar-refractivity contribution in [3.63, 3.8) is 0 Å². The number of carboxylic acid groups (broad SMARTS) is 2. The molecule has 0 bridgehead atoms. The predicted octanol–water partition coefficient (Wildman–Crippen LogP) is 0.624. The van der Waals surface area contributed by atoms with E-state index >= 15 is 0 Å². The molecule has 0 saturated carbocycles. The molecule has 10 amide bonds. The Morgan fingerprint density at radius 3 is 1.43 bits per heavy atom. The maximum absolute atomic E-state index is 14.2. The molecule has 1 aliphatic heterocycles. The normalized spacial score (nSPS) is 16.2. The molecule has 1 fully saturated rings. The highest BCUT2D eigenvalue weighted by Crippen LogP contribution is 2.20. The summed E-state index contributed by atoms with van der Waals surface area (Å²) in [6.45, 7) is 14.4. The number of hydrogen-bond donors (Lipinski definition) is 12. The van der Waals surface area contributed by atoms with Crippen LogP contribution in [0.1, 0.15) is 170 Å². The Balaban J connectivity index is 3.38.